The van der Waals surface area contributed by atoms with E-state index in [9.17, 15) is 9.59 Å². The maximum absolute atomic E-state index is 12.8. The summed E-state index contributed by atoms with van der Waals surface area (Å²) in [6, 6.07) is 16.6. The lowest BCUT2D eigenvalue weighted by atomic mass is 9.67. The molecule has 0 aromatic heterocycles. The summed E-state index contributed by atoms with van der Waals surface area (Å²) >= 11 is 0. The first kappa shape index (κ1) is 18.7. The molecule has 5 heteroatoms. The highest BCUT2D eigenvalue weighted by Crippen LogP contribution is 2.39. The van der Waals surface area contributed by atoms with E-state index in [0.717, 1.165) is 25.7 Å². The van der Waals surface area contributed by atoms with E-state index in [-0.39, 0.29) is 23.9 Å². The van der Waals surface area contributed by atoms with Crippen LogP contribution in [0.4, 0.5) is 5.69 Å². The molecule has 0 heterocycles. The van der Waals surface area contributed by atoms with Gasteiger partial charge in [0.1, 0.15) is 0 Å². The van der Waals surface area contributed by atoms with E-state index >= 15 is 0 Å². The molecule has 2 aromatic carbocycles. The van der Waals surface area contributed by atoms with Gasteiger partial charge in [-0.05, 0) is 73.9 Å². The summed E-state index contributed by atoms with van der Waals surface area (Å²) in [7, 11) is 0. The van der Waals surface area contributed by atoms with Crippen molar-refractivity contribution in [1.82, 2.24) is 5.32 Å². The molecule has 2 aliphatic rings. The van der Waals surface area contributed by atoms with Crippen LogP contribution in [0.5, 0.6) is 0 Å². The molecule has 0 spiro atoms. The van der Waals surface area contributed by atoms with Gasteiger partial charge in [0.05, 0.1) is 0 Å². The Morgan fingerprint density at radius 1 is 0.821 bits per heavy atom. The molecule has 0 aliphatic heterocycles. The number of benzene rings is 2. The maximum atomic E-state index is 12.8. The lowest BCUT2D eigenvalue weighted by Gasteiger charge is -2.45. The average molecular weight is 377 g/mol. The number of hydrogen-bond donors (Lipinski definition) is 3. The van der Waals surface area contributed by atoms with Gasteiger partial charge in [0.2, 0.25) is 0 Å². The normalized spacial score (nSPS) is 26.3. The first-order valence-electron chi connectivity index (χ1n) is 10.1. The van der Waals surface area contributed by atoms with Gasteiger partial charge in [-0.15, -0.1) is 0 Å². The van der Waals surface area contributed by atoms with Crippen LogP contribution in [0.25, 0.3) is 0 Å². The molecule has 2 aliphatic carbocycles. The number of fused-ring (bicyclic) bond motifs is 2. The predicted octanol–water partition coefficient (Wildman–Crippen LogP) is 3.57. The smallest absolute Gasteiger partial charge is 0.255 e. The first-order valence-corrected chi connectivity index (χ1v) is 10.1. The fraction of sp³-hybridized carbons (Fsp3) is 0.391. The average Bonchev–Trinajstić information content (AvgIpc) is 2.70. The van der Waals surface area contributed by atoms with Crippen molar-refractivity contribution in [3.63, 3.8) is 0 Å². The van der Waals surface area contributed by atoms with Crippen LogP contribution in [0.3, 0.4) is 0 Å². The van der Waals surface area contributed by atoms with Gasteiger partial charge in [-0.3, -0.25) is 9.59 Å². The number of carbonyl (C=O) groups is 2. The van der Waals surface area contributed by atoms with Gasteiger partial charge >= 0.3 is 0 Å². The fourth-order valence-electron chi connectivity index (χ4n) is 4.76. The lowest BCUT2D eigenvalue weighted by Crippen LogP contribution is -2.53. The van der Waals surface area contributed by atoms with E-state index in [0.29, 0.717) is 28.7 Å². The summed E-state index contributed by atoms with van der Waals surface area (Å²) < 4.78 is 0. The molecular weight excluding hydrogens is 350 g/mol. The third kappa shape index (κ3) is 4.09. The van der Waals surface area contributed by atoms with E-state index in [2.05, 4.69) is 10.6 Å². The number of rotatable bonds is 4. The van der Waals surface area contributed by atoms with Crippen LogP contribution >= 0.6 is 0 Å². The highest BCUT2D eigenvalue weighted by Gasteiger charge is 2.39. The number of amides is 2. The van der Waals surface area contributed by atoms with Crippen molar-refractivity contribution in [3.05, 3.63) is 65.7 Å². The Kier molecular flexibility index (Phi) is 5.44. The monoisotopic (exact) mass is 377 g/mol. The zero-order valence-corrected chi connectivity index (χ0v) is 15.9. The second-order valence-corrected chi connectivity index (χ2v) is 8.08. The molecule has 2 bridgehead atoms. The van der Waals surface area contributed by atoms with Crippen LogP contribution in [-0.4, -0.2) is 23.9 Å². The zero-order valence-electron chi connectivity index (χ0n) is 15.9. The Labute approximate surface area is 165 Å². The summed E-state index contributed by atoms with van der Waals surface area (Å²) in [5.41, 5.74) is 8.07. The second-order valence-electron chi connectivity index (χ2n) is 8.08. The minimum absolute atomic E-state index is 0.0432. The Hall–Kier alpha value is -2.66. The van der Waals surface area contributed by atoms with Gasteiger partial charge in [0, 0.05) is 28.9 Å². The molecule has 2 aromatic rings. The highest BCUT2D eigenvalue weighted by molar-refractivity contribution is 6.04. The van der Waals surface area contributed by atoms with E-state index < -0.39 is 0 Å². The SMILES string of the molecule is NC1CC2CCCC(C1)C2NC(=O)c1ccc(NC(=O)c2ccccc2)cc1. The minimum Gasteiger partial charge on any atom is -0.349 e. The topological polar surface area (TPSA) is 84.2 Å². The molecule has 2 fully saturated rings. The molecule has 2 saturated carbocycles. The first-order chi connectivity index (χ1) is 13.6. The van der Waals surface area contributed by atoms with E-state index in [4.69, 9.17) is 5.73 Å². The molecule has 4 rings (SSSR count). The van der Waals surface area contributed by atoms with Crippen molar-refractivity contribution in [2.45, 2.75) is 44.2 Å². The summed E-state index contributed by atoms with van der Waals surface area (Å²) in [4.78, 5) is 25.0. The predicted molar refractivity (Wildman–Crippen MR) is 110 cm³/mol. The van der Waals surface area contributed by atoms with Crippen molar-refractivity contribution in [2.24, 2.45) is 17.6 Å². The molecule has 2 unspecified atom stereocenters. The van der Waals surface area contributed by atoms with Gasteiger partial charge in [0.25, 0.3) is 11.8 Å². The lowest BCUT2D eigenvalue weighted by molar-refractivity contribution is 0.0756. The Balaban J connectivity index is 1.38. The molecular formula is C23H27N3O2. The standard InChI is InChI=1S/C23H27N3O2/c24-19-13-17-7-4-8-18(14-19)21(17)26-23(28)16-9-11-20(12-10-16)25-22(27)15-5-2-1-3-6-15/h1-3,5-6,9-12,17-19,21H,4,7-8,13-14,24H2,(H,25,27)(H,26,28). The second kappa shape index (κ2) is 8.15. The number of nitrogens with two attached hydrogens (primary N) is 1. The third-order valence-corrected chi connectivity index (χ3v) is 6.12. The van der Waals surface area contributed by atoms with Crippen LogP contribution in [0, 0.1) is 11.8 Å². The number of carbonyl (C=O) groups excluding carboxylic acids is 2. The summed E-state index contributed by atoms with van der Waals surface area (Å²) in [6.07, 6.45) is 5.56. The molecule has 146 valence electrons. The molecule has 5 nitrogen and oxygen atoms in total. The van der Waals surface area contributed by atoms with Crippen LogP contribution < -0.4 is 16.4 Å². The Bertz CT molecular complexity index is 821. The quantitative estimate of drug-likeness (QED) is 0.761. The summed E-state index contributed by atoms with van der Waals surface area (Å²) in [5.74, 6) is 0.786. The Morgan fingerprint density at radius 2 is 1.43 bits per heavy atom. The van der Waals surface area contributed by atoms with Crippen molar-refractivity contribution >= 4 is 17.5 Å². The van der Waals surface area contributed by atoms with Gasteiger partial charge in [-0.1, -0.05) is 24.6 Å². The fourth-order valence-corrected chi connectivity index (χ4v) is 4.76. The number of anilines is 1. The van der Waals surface area contributed by atoms with Gasteiger partial charge in [0.15, 0.2) is 0 Å². The van der Waals surface area contributed by atoms with Crippen LogP contribution in [0.2, 0.25) is 0 Å². The summed E-state index contributed by atoms with van der Waals surface area (Å²) in [5, 5.41) is 6.12. The molecule has 0 saturated heterocycles. The maximum Gasteiger partial charge on any atom is 0.255 e. The number of hydrogen-bond acceptors (Lipinski definition) is 3. The van der Waals surface area contributed by atoms with Gasteiger partial charge < -0.3 is 16.4 Å². The van der Waals surface area contributed by atoms with E-state index in [1.165, 1.54) is 6.42 Å². The molecule has 28 heavy (non-hydrogen) atoms. The third-order valence-electron chi connectivity index (χ3n) is 6.12. The molecule has 2 atom stereocenters. The van der Waals surface area contributed by atoms with E-state index in [1.807, 2.05) is 18.2 Å². The van der Waals surface area contributed by atoms with E-state index in [1.54, 1.807) is 36.4 Å². The molecule has 4 N–H and O–H groups in total. The van der Waals surface area contributed by atoms with Gasteiger partial charge in [-0.2, -0.15) is 0 Å². The highest BCUT2D eigenvalue weighted by atomic mass is 16.2. The van der Waals surface area contributed by atoms with Crippen molar-refractivity contribution in [1.29, 1.82) is 0 Å². The van der Waals surface area contributed by atoms with Gasteiger partial charge in [-0.25, -0.2) is 0 Å². The van der Waals surface area contributed by atoms with Crippen molar-refractivity contribution in [2.75, 3.05) is 5.32 Å². The van der Waals surface area contributed by atoms with Crippen LogP contribution in [0.1, 0.15) is 52.8 Å². The molecule has 0 radical (unpaired) electrons. The minimum atomic E-state index is -0.163. The molecule has 2 amide bonds. The van der Waals surface area contributed by atoms with Crippen molar-refractivity contribution < 1.29 is 9.59 Å². The van der Waals surface area contributed by atoms with Crippen LogP contribution in [0.15, 0.2) is 54.6 Å². The Morgan fingerprint density at radius 3 is 2.07 bits per heavy atom. The number of nitrogens with one attached hydrogen (secondary N) is 2. The summed E-state index contributed by atoms with van der Waals surface area (Å²) in [6.45, 7) is 0. The largest absolute Gasteiger partial charge is 0.349 e. The van der Waals surface area contributed by atoms with Crippen molar-refractivity contribution in [3.8, 4) is 0 Å². The van der Waals surface area contributed by atoms with Crippen LogP contribution in [-0.2, 0) is 0 Å². The zero-order chi connectivity index (χ0) is 19.5.